The molecule has 0 radical (unpaired) electrons. The lowest BCUT2D eigenvalue weighted by molar-refractivity contribution is 0.0468. The van der Waals surface area contributed by atoms with Crippen LogP contribution in [0.15, 0.2) is 56.4 Å². The highest BCUT2D eigenvalue weighted by Crippen LogP contribution is 2.28. The van der Waals surface area contributed by atoms with E-state index in [1.54, 1.807) is 16.7 Å². The fourth-order valence-electron chi connectivity index (χ4n) is 2.71. The summed E-state index contributed by atoms with van der Waals surface area (Å²) >= 11 is 2.97. The molecule has 7 heteroatoms. The van der Waals surface area contributed by atoms with E-state index in [4.69, 9.17) is 9.15 Å². The van der Waals surface area contributed by atoms with E-state index in [0.29, 0.717) is 11.1 Å². The van der Waals surface area contributed by atoms with E-state index in [1.165, 1.54) is 17.4 Å². The van der Waals surface area contributed by atoms with Crippen LogP contribution in [0.4, 0.5) is 0 Å². The molecule has 1 aromatic carbocycles. The van der Waals surface area contributed by atoms with E-state index >= 15 is 0 Å². The number of ether oxygens (including phenoxy) is 1. The zero-order valence-corrected chi connectivity index (χ0v) is 16.1. The van der Waals surface area contributed by atoms with Crippen molar-refractivity contribution in [2.45, 2.75) is 20.0 Å². The molecule has 5 nitrogen and oxygen atoms in total. The summed E-state index contributed by atoms with van der Waals surface area (Å²) in [5.74, 6) is -0.513. The predicted octanol–water partition coefficient (Wildman–Crippen LogP) is 4.90. The quantitative estimate of drug-likeness (QED) is 0.354. The number of hydrogen-bond donors (Lipinski definition) is 0. The first-order chi connectivity index (χ1) is 13.1. The number of nitrogens with zero attached hydrogens (tertiary/aromatic N) is 1. The van der Waals surface area contributed by atoms with E-state index < -0.39 is 11.6 Å². The molecule has 136 valence electrons. The van der Waals surface area contributed by atoms with Crippen LogP contribution in [0.25, 0.3) is 20.9 Å². The molecule has 4 aromatic rings. The van der Waals surface area contributed by atoms with Crippen LogP contribution in [0.5, 0.6) is 0 Å². The van der Waals surface area contributed by atoms with Crippen LogP contribution in [0.1, 0.15) is 28.5 Å². The Balaban J connectivity index is 1.55. The molecule has 0 atom stereocenters. The second-order valence-electron chi connectivity index (χ2n) is 5.87. The third kappa shape index (κ3) is 3.70. The molecule has 0 unspecified atom stereocenters. The second-order valence-corrected chi connectivity index (χ2v) is 7.67. The number of benzene rings is 1. The second kappa shape index (κ2) is 7.46. The van der Waals surface area contributed by atoms with Gasteiger partial charge in [0.2, 0.25) is 0 Å². The largest absolute Gasteiger partial charge is 0.456 e. The fraction of sp³-hybridized carbons (Fsp3) is 0.150. The summed E-state index contributed by atoms with van der Waals surface area (Å²) in [4.78, 5) is 29.5. The molecular weight excluding hydrogens is 382 g/mol. The van der Waals surface area contributed by atoms with E-state index in [0.717, 1.165) is 27.3 Å². The van der Waals surface area contributed by atoms with Gasteiger partial charge in [-0.25, -0.2) is 14.6 Å². The van der Waals surface area contributed by atoms with Gasteiger partial charge < -0.3 is 9.15 Å². The van der Waals surface area contributed by atoms with Crippen molar-refractivity contribution in [3.63, 3.8) is 0 Å². The molecule has 0 aliphatic carbocycles. The lowest BCUT2D eigenvalue weighted by Crippen LogP contribution is -2.08. The summed E-state index contributed by atoms with van der Waals surface area (Å²) in [6.45, 7) is 2.02. The van der Waals surface area contributed by atoms with Gasteiger partial charge in [0.1, 0.15) is 17.2 Å². The highest BCUT2D eigenvalue weighted by atomic mass is 32.1. The van der Waals surface area contributed by atoms with Crippen molar-refractivity contribution in [1.29, 1.82) is 0 Å². The number of hydrogen-bond acceptors (Lipinski definition) is 7. The van der Waals surface area contributed by atoms with Gasteiger partial charge in [-0.15, -0.1) is 22.7 Å². The molecule has 0 aliphatic rings. The van der Waals surface area contributed by atoms with Gasteiger partial charge in [0.25, 0.3) is 0 Å². The number of esters is 1. The number of fused-ring (bicyclic) bond motifs is 1. The summed E-state index contributed by atoms with van der Waals surface area (Å²) in [5.41, 5.74) is 2.00. The van der Waals surface area contributed by atoms with Gasteiger partial charge in [0.15, 0.2) is 5.69 Å². The summed E-state index contributed by atoms with van der Waals surface area (Å²) in [6.07, 6.45) is 0.843. The van der Waals surface area contributed by atoms with E-state index in [1.807, 2.05) is 42.6 Å². The normalized spacial score (nSPS) is 11.0. The van der Waals surface area contributed by atoms with Gasteiger partial charge in [-0.2, -0.15) is 0 Å². The summed E-state index contributed by atoms with van der Waals surface area (Å²) in [7, 11) is 0. The van der Waals surface area contributed by atoms with Crippen molar-refractivity contribution in [3.8, 4) is 9.88 Å². The molecule has 4 rings (SSSR count). The molecule has 3 aromatic heterocycles. The van der Waals surface area contributed by atoms with Crippen molar-refractivity contribution >= 4 is 39.6 Å². The monoisotopic (exact) mass is 397 g/mol. The average Bonchev–Trinajstić information content (AvgIpc) is 3.36. The number of aromatic nitrogens is 1. The minimum Gasteiger partial charge on any atom is -0.456 e. The SMILES string of the molecule is CCc1ccc2c(COC(=O)c3csc(-c4cccs4)n3)cc(=O)oc2c1. The van der Waals surface area contributed by atoms with Crippen molar-refractivity contribution < 1.29 is 13.9 Å². The van der Waals surface area contributed by atoms with Crippen LogP contribution < -0.4 is 5.63 Å². The molecule has 0 aliphatic heterocycles. The highest BCUT2D eigenvalue weighted by Gasteiger charge is 2.15. The molecule has 0 amide bonds. The summed E-state index contributed by atoms with van der Waals surface area (Å²) in [6, 6.07) is 11.0. The van der Waals surface area contributed by atoms with Gasteiger partial charge in [-0.3, -0.25) is 0 Å². The number of thiazole rings is 1. The van der Waals surface area contributed by atoms with Gasteiger partial charge in [0, 0.05) is 22.4 Å². The van der Waals surface area contributed by atoms with Crippen LogP contribution in [0.2, 0.25) is 0 Å². The maximum absolute atomic E-state index is 12.3. The Morgan fingerprint density at radius 2 is 2.11 bits per heavy atom. The number of rotatable bonds is 5. The Bertz CT molecular complexity index is 1160. The number of carbonyl (C=O) groups is 1. The first kappa shape index (κ1) is 17.6. The molecular formula is C20H15NO4S2. The molecule has 0 N–H and O–H groups in total. The van der Waals surface area contributed by atoms with Crippen molar-refractivity contribution in [2.75, 3.05) is 0 Å². The van der Waals surface area contributed by atoms with Crippen LogP contribution in [0.3, 0.4) is 0 Å². The molecule has 0 saturated heterocycles. The number of thiophene rings is 1. The molecule has 0 bridgehead atoms. The Hall–Kier alpha value is -2.77. The maximum Gasteiger partial charge on any atom is 0.358 e. The van der Waals surface area contributed by atoms with Gasteiger partial charge in [0.05, 0.1) is 4.88 Å². The van der Waals surface area contributed by atoms with E-state index in [2.05, 4.69) is 4.98 Å². The molecule has 0 fully saturated rings. The van der Waals surface area contributed by atoms with Crippen LogP contribution in [-0.2, 0) is 17.8 Å². The zero-order chi connectivity index (χ0) is 18.8. The number of carbonyl (C=O) groups excluding carboxylic acids is 1. The fourth-order valence-corrected chi connectivity index (χ4v) is 4.32. The third-order valence-electron chi connectivity index (χ3n) is 4.11. The van der Waals surface area contributed by atoms with E-state index in [-0.39, 0.29) is 12.3 Å². The Kier molecular flexibility index (Phi) is 4.87. The first-order valence-electron chi connectivity index (χ1n) is 8.36. The average molecular weight is 397 g/mol. The maximum atomic E-state index is 12.3. The molecule has 0 spiro atoms. The molecule has 27 heavy (non-hydrogen) atoms. The lowest BCUT2D eigenvalue weighted by Gasteiger charge is -2.07. The Morgan fingerprint density at radius 3 is 2.89 bits per heavy atom. The van der Waals surface area contributed by atoms with Crippen molar-refractivity contribution in [1.82, 2.24) is 4.98 Å². The standard InChI is InChI=1S/C20H15NO4S2/c1-2-12-5-6-14-13(9-18(22)25-16(14)8-12)10-24-20(23)15-11-27-19(21-15)17-4-3-7-26-17/h3-9,11H,2,10H2,1H3. The van der Waals surface area contributed by atoms with Crippen LogP contribution in [0, 0.1) is 0 Å². The minimum absolute atomic E-state index is 0.0156. The van der Waals surface area contributed by atoms with Crippen LogP contribution >= 0.6 is 22.7 Å². The Labute approximate surface area is 162 Å². The van der Waals surface area contributed by atoms with Gasteiger partial charge in [-0.1, -0.05) is 25.1 Å². The third-order valence-corrected chi connectivity index (χ3v) is 5.99. The topological polar surface area (TPSA) is 69.4 Å². The summed E-state index contributed by atoms with van der Waals surface area (Å²) < 4.78 is 10.7. The van der Waals surface area contributed by atoms with Crippen molar-refractivity contribution in [2.24, 2.45) is 0 Å². The predicted molar refractivity (Wildman–Crippen MR) is 106 cm³/mol. The number of aryl methyl sites for hydroxylation is 1. The van der Waals surface area contributed by atoms with Crippen molar-refractivity contribution in [3.05, 3.63) is 74.4 Å². The smallest absolute Gasteiger partial charge is 0.358 e. The van der Waals surface area contributed by atoms with E-state index in [9.17, 15) is 9.59 Å². The zero-order valence-electron chi connectivity index (χ0n) is 14.4. The Morgan fingerprint density at radius 1 is 1.22 bits per heavy atom. The minimum atomic E-state index is -0.513. The highest BCUT2D eigenvalue weighted by molar-refractivity contribution is 7.20. The first-order valence-corrected chi connectivity index (χ1v) is 10.1. The van der Waals surface area contributed by atoms with Gasteiger partial charge >= 0.3 is 11.6 Å². The molecule has 3 heterocycles. The molecule has 0 saturated carbocycles. The van der Waals surface area contributed by atoms with Crippen LogP contribution in [-0.4, -0.2) is 11.0 Å². The lowest BCUT2D eigenvalue weighted by atomic mass is 10.1. The van der Waals surface area contributed by atoms with Gasteiger partial charge in [-0.05, 0) is 29.5 Å². The summed E-state index contributed by atoms with van der Waals surface area (Å²) in [5, 5.41) is 5.19.